The zero-order valence-corrected chi connectivity index (χ0v) is 22.9. The van der Waals surface area contributed by atoms with Crippen LogP contribution in [0, 0.1) is 5.92 Å². The Morgan fingerprint density at radius 2 is 1.39 bits per heavy atom. The zero-order valence-electron chi connectivity index (χ0n) is 19.8. The first-order chi connectivity index (χ1) is 13.4. The molecule has 0 bridgehead atoms. The third-order valence-corrected chi connectivity index (χ3v) is 5.36. The standard InChI is InChI=1S/C13H18N2.C6H12.2C2H6.CH3O.K/c1-2-11-10-7-8-14-13(10)9-5-3-4-6-12(9)15-11;1-2-4-6-5-3-1;3*1-2;/h3-6,10-11,13-15H,2,7-8H2,1H3;1-6H2;2*1-2H3;1H3;/q;;;;-1;+1. The van der Waals surface area contributed by atoms with E-state index in [-0.39, 0.29) is 51.4 Å². The summed E-state index contributed by atoms with van der Waals surface area (Å²) in [6.45, 7) is 11.4. The summed E-state index contributed by atoms with van der Waals surface area (Å²) in [4.78, 5) is 0. The van der Waals surface area contributed by atoms with Gasteiger partial charge in [-0.1, -0.05) is 91.3 Å². The van der Waals surface area contributed by atoms with Crippen LogP contribution in [0.5, 0.6) is 0 Å². The van der Waals surface area contributed by atoms with Crippen LogP contribution in [-0.2, 0) is 0 Å². The first-order valence-electron chi connectivity index (χ1n) is 11.4. The van der Waals surface area contributed by atoms with Crippen LogP contribution in [0.4, 0.5) is 5.69 Å². The van der Waals surface area contributed by atoms with Gasteiger partial charge in [-0.2, -0.15) is 7.11 Å². The molecular weight excluding hydrogens is 371 g/mol. The molecule has 28 heavy (non-hydrogen) atoms. The van der Waals surface area contributed by atoms with Crippen LogP contribution < -0.4 is 67.1 Å². The van der Waals surface area contributed by atoms with Crippen molar-refractivity contribution >= 4 is 5.69 Å². The maximum atomic E-state index is 8.25. The minimum Gasteiger partial charge on any atom is -0.857 e. The van der Waals surface area contributed by atoms with E-state index in [1.807, 2.05) is 27.7 Å². The van der Waals surface area contributed by atoms with Crippen molar-refractivity contribution < 1.29 is 56.5 Å². The average Bonchev–Trinajstić information content (AvgIpc) is 3.29. The van der Waals surface area contributed by atoms with Gasteiger partial charge in [-0.15, -0.1) is 0 Å². The molecule has 158 valence electrons. The monoisotopic (exact) mass is 416 g/mol. The van der Waals surface area contributed by atoms with E-state index in [9.17, 15) is 0 Å². The maximum absolute atomic E-state index is 8.25. The van der Waals surface area contributed by atoms with Crippen LogP contribution in [0.25, 0.3) is 0 Å². The van der Waals surface area contributed by atoms with Gasteiger partial charge in [-0.05, 0) is 36.9 Å². The van der Waals surface area contributed by atoms with E-state index in [0.717, 1.165) is 13.0 Å². The van der Waals surface area contributed by atoms with Gasteiger partial charge >= 0.3 is 51.4 Å². The number of benzene rings is 1. The second kappa shape index (κ2) is 20.8. The third kappa shape index (κ3) is 10.1. The molecule has 0 aromatic heterocycles. The van der Waals surface area contributed by atoms with Gasteiger partial charge in [0.2, 0.25) is 0 Å². The van der Waals surface area contributed by atoms with Crippen LogP contribution in [0.1, 0.15) is 97.6 Å². The van der Waals surface area contributed by atoms with Crippen molar-refractivity contribution in [3.05, 3.63) is 29.8 Å². The number of hydrogen-bond donors (Lipinski definition) is 2. The SMILES string of the molecule is C1CCCCC1.CC.CC.CCC1Nc2ccccc2C2NCCC12.C[O-].[K+]. The number of rotatable bonds is 1. The van der Waals surface area contributed by atoms with Gasteiger partial charge in [-0.25, -0.2) is 0 Å². The molecule has 4 heteroatoms. The minimum atomic E-state index is 0. The molecule has 2 N–H and O–H groups in total. The van der Waals surface area contributed by atoms with Gasteiger partial charge in [-0.3, -0.25) is 0 Å². The Hall–Kier alpha value is 0.576. The van der Waals surface area contributed by atoms with Gasteiger partial charge in [0, 0.05) is 17.8 Å². The second-order valence-electron chi connectivity index (χ2n) is 6.75. The molecule has 3 atom stereocenters. The fraction of sp³-hybridized carbons (Fsp3) is 0.750. The normalized spacial score (nSPS) is 23.5. The van der Waals surface area contributed by atoms with Crippen LogP contribution in [0.15, 0.2) is 24.3 Å². The Bertz CT molecular complexity index is 440. The van der Waals surface area contributed by atoms with E-state index in [4.69, 9.17) is 5.11 Å². The Labute approximate surface area is 218 Å². The molecular formula is C24H45KN2O. The molecule has 3 aliphatic rings. The molecule has 2 fully saturated rings. The number of hydrogen-bond acceptors (Lipinski definition) is 3. The average molecular weight is 417 g/mol. The molecule has 1 aliphatic carbocycles. The Balaban J connectivity index is 0. The predicted octanol–water partition coefficient (Wildman–Crippen LogP) is 2.91. The molecule has 0 radical (unpaired) electrons. The van der Waals surface area contributed by atoms with E-state index < -0.39 is 0 Å². The second-order valence-corrected chi connectivity index (χ2v) is 6.75. The van der Waals surface area contributed by atoms with Crippen LogP contribution in [-0.4, -0.2) is 19.7 Å². The largest absolute Gasteiger partial charge is 1.00 e. The van der Waals surface area contributed by atoms with Crippen molar-refractivity contribution in [2.45, 2.75) is 98.1 Å². The summed E-state index contributed by atoms with van der Waals surface area (Å²) in [5.41, 5.74) is 2.80. The fourth-order valence-corrected chi connectivity index (χ4v) is 4.17. The van der Waals surface area contributed by atoms with E-state index in [1.54, 1.807) is 0 Å². The first-order valence-corrected chi connectivity index (χ1v) is 11.4. The fourth-order valence-electron chi connectivity index (χ4n) is 4.17. The van der Waals surface area contributed by atoms with Crippen LogP contribution in [0.2, 0.25) is 0 Å². The van der Waals surface area contributed by atoms with Gasteiger partial charge in [0.1, 0.15) is 0 Å². The van der Waals surface area contributed by atoms with Crippen molar-refractivity contribution in [3.63, 3.8) is 0 Å². The quantitative estimate of drug-likeness (QED) is 0.692. The molecule has 1 saturated carbocycles. The zero-order chi connectivity index (χ0) is 20.5. The Morgan fingerprint density at radius 1 is 0.893 bits per heavy atom. The van der Waals surface area contributed by atoms with Crippen molar-refractivity contribution in [2.75, 3.05) is 19.0 Å². The Kier molecular flexibility index (Phi) is 22.9. The molecule has 4 rings (SSSR count). The summed E-state index contributed by atoms with van der Waals surface area (Å²) in [7, 11) is 0.750. The number of para-hydroxylation sites is 1. The van der Waals surface area contributed by atoms with Gasteiger partial charge < -0.3 is 15.7 Å². The van der Waals surface area contributed by atoms with E-state index in [2.05, 4.69) is 41.8 Å². The van der Waals surface area contributed by atoms with Gasteiger partial charge in [0.05, 0.1) is 0 Å². The summed E-state index contributed by atoms with van der Waals surface area (Å²) < 4.78 is 0. The predicted molar refractivity (Wildman–Crippen MR) is 119 cm³/mol. The minimum absolute atomic E-state index is 0. The van der Waals surface area contributed by atoms with Crippen LogP contribution in [0.3, 0.4) is 0 Å². The van der Waals surface area contributed by atoms with E-state index in [1.165, 1.54) is 69.2 Å². The van der Waals surface area contributed by atoms with Gasteiger partial charge in [0.15, 0.2) is 0 Å². The summed E-state index contributed by atoms with van der Waals surface area (Å²) in [5, 5.41) is 15.6. The third-order valence-electron chi connectivity index (χ3n) is 5.36. The molecule has 3 unspecified atom stereocenters. The topological polar surface area (TPSA) is 47.1 Å². The Morgan fingerprint density at radius 3 is 1.89 bits per heavy atom. The van der Waals surface area contributed by atoms with Crippen molar-refractivity contribution in [1.82, 2.24) is 5.32 Å². The summed E-state index contributed by atoms with van der Waals surface area (Å²) >= 11 is 0. The molecule has 3 nitrogen and oxygen atoms in total. The van der Waals surface area contributed by atoms with Crippen molar-refractivity contribution in [1.29, 1.82) is 0 Å². The summed E-state index contributed by atoms with van der Waals surface area (Å²) in [6, 6.07) is 9.96. The molecule has 1 aromatic carbocycles. The van der Waals surface area contributed by atoms with E-state index in [0.29, 0.717) is 12.1 Å². The first kappa shape index (κ1) is 30.8. The molecule has 1 aromatic rings. The molecule has 2 heterocycles. The smallest absolute Gasteiger partial charge is 0.857 e. The molecule has 0 amide bonds. The number of fused-ring (bicyclic) bond motifs is 3. The number of anilines is 1. The molecule has 2 aliphatic heterocycles. The maximum Gasteiger partial charge on any atom is 1.00 e. The van der Waals surface area contributed by atoms with Crippen LogP contribution >= 0.6 is 0 Å². The number of nitrogens with one attached hydrogen (secondary N) is 2. The van der Waals surface area contributed by atoms with Crippen molar-refractivity contribution in [3.8, 4) is 0 Å². The van der Waals surface area contributed by atoms with E-state index >= 15 is 0 Å². The summed E-state index contributed by atoms with van der Waals surface area (Å²) in [6.07, 6.45) is 11.5. The van der Waals surface area contributed by atoms with Gasteiger partial charge in [0.25, 0.3) is 0 Å². The summed E-state index contributed by atoms with van der Waals surface area (Å²) in [5.74, 6) is 0.782. The van der Waals surface area contributed by atoms with Crippen molar-refractivity contribution in [2.24, 2.45) is 5.92 Å². The molecule has 1 saturated heterocycles. The molecule has 0 spiro atoms.